The van der Waals surface area contributed by atoms with E-state index in [4.69, 9.17) is 5.73 Å². The molecule has 0 spiro atoms. The normalized spacial score (nSPS) is 21.5. The second-order valence-electron chi connectivity index (χ2n) is 3.71. The summed E-state index contributed by atoms with van der Waals surface area (Å²) >= 11 is 0. The largest absolute Gasteiger partial charge is 0.325 e. The fraction of sp³-hybridized carbons (Fsp3) is 1.00. The molecule has 0 atom stereocenters. The summed E-state index contributed by atoms with van der Waals surface area (Å²) in [6.07, 6.45) is 0. The average molecular weight is 178 g/mol. The molecule has 0 aliphatic carbocycles. The van der Waals surface area contributed by atoms with Gasteiger partial charge in [0, 0.05) is 25.0 Å². The van der Waals surface area contributed by atoms with Crippen LogP contribution in [-0.2, 0) is 0 Å². The fourth-order valence-electron chi connectivity index (χ4n) is 1.37. The van der Waals surface area contributed by atoms with Crippen molar-refractivity contribution in [3.05, 3.63) is 0 Å². The highest BCUT2D eigenvalue weighted by molar-refractivity contribution is 4.91. The molecule has 1 aliphatic heterocycles. The van der Waals surface area contributed by atoms with Crippen molar-refractivity contribution < 1.29 is 8.78 Å². The van der Waals surface area contributed by atoms with Crippen molar-refractivity contribution in [2.75, 3.05) is 19.6 Å². The summed E-state index contributed by atoms with van der Waals surface area (Å²) in [4.78, 5) is 2.02. The van der Waals surface area contributed by atoms with Crippen molar-refractivity contribution >= 4 is 0 Å². The highest BCUT2D eigenvalue weighted by Gasteiger charge is 2.45. The Labute approximate surface area is 71.7 Å². The first kappa shape index (κ1) is 9.86. The van der Waals surface area contributed by atoms with E-state index in [2.05, 4.69) is 0 Å². The smallest absolute Gasteiger partial charge is 0.265 e. The van der Waals surface area contributed by atoms with E-state index in [1.165, 1.54) is 0 Å². The first-order valence-electron chi connectivity index (χ1n) is 4.29. The average Bonchev–Trinajstić information content (AvgIpc) is 1.82. The maximum absolute atomic E-state index is 12.9. The van der Waals surface area contributed by atoms with Gasteiger partial charge in [-0.1, -0.05) is 0 Å². The molecule has 2 N–H and O–H groups in total. The first-order valence-corrected chi connectivity index (χ1v) is 4.29. The van der Waals surface area contributed by atoms with Gasteiger partial charge in [-0.25, -0.2) is 8.78 Å². The van der Waals surface area contributed by atoms with Crippen molar-refractivity contribution in [3.63, 3.8) is 0 Å². The maximum atomic E-state index is 12.9. The van der Waals surface area contributed by atoms with E-state index in [1.54, 1.807) is 0 Å². The van der Waals surface area contributed by atoms with Crippen LogP contribution in [-0.4, -0.2) is 36.5 Å². The van der Waals surface area contributed by atoms with Crippen molar-refractivity contribution in [2.45, 2.75) is 25.8 Å². The number of likely N-dealkylation sites (tertiary alicyclic amines) is 1. The Balaban J connectivity index is 2.34. The van der Waals surface area contributed by atoms with Gasteiger partial charge in [0.1, 0.15) is 0 Å². The summed E-state index contributed by atoms with van der Waals surface area (Å²) < 4.78 is 25.8. The second kappa shape index (κ2) is 3.26. The van der Waals surface area contributed by atoms with Crippen molar-refractivity contribution in [3.8, 4) is 0 Å². The molecule has 1 heterocycles. The SMILES string of the molecule is CC(C)N1CC(C(F)(F)CN)C1. The van der Waals surface area contributed by atoms with Crippen LogP contribution in [0.3, 0.4) is 0 Å². The lowest BCUT2D eigenvalue weighted by atomic mass is 9.91. The summed E-state index contributed by atoms with van der Waals surface area (Å²) in [6.45, 7) is 4.47. The van der Waals surface area contributed by atoms with Crippen LogP contribution < -0.4 is 5.73 Å². The second-order valence-corrected chi connectivity index (χ2v) is 3.71. The molecule has 0 unspecified atom stereocenters. The Bertz CT molecular complexity index is 153. The van der Waals surface area contributed by atoms with E-state index >= 15 is 0 Å². The lowest BCUT2D eigenvalue weighted by molar-refractivity contribution is -0.117. The zero-order valence-corrected chi connectivity index (χ0v) is 7.56. The molecule has 1 fully saturated rings. The standard InChI is InChI=1S/C8H16F2N2/c1-6(2)12-3-7(4-12)8(9,10)5-11/h6-7H,3-5,11H2,1-2H3. The van der Waals surface area contributed by atoms with E-state index in [-0.39, 0.29) is 0 Å². The van der Waals surface area contributed by atoms with Gasteiger partial charge in [0.15, 0.2) is 0 Å². The number of rotatable bonds is 3. The number of hydrogen-bond donors (Lipinski definition) is 1. The number of nitrogens with zero attached hydrogens (tertiary/aromatic N) is 1. The monoisotopic (exact) mass is 178 g/mol. The molecule has 4 heteroatoms. The van der Waals surface area contributed by atoms with Gasteiger partial charge >= 0.3 is 0 Å². The molecule has 2 nitrogen and oxygen atoms in total. The first-order chi connectivity index (χ1) is 5.47. The van der Waals surface area contributed by atoms with Crippen LogP contribution >= 0.6 is 0 Å². The summed E-state index contributed by atoms with van der Waals surface area (Å²) in [6, 6.07) is 0.370. The zero-order valence-electron chi connectivity index (χ0n) is 7.56. The summed E-state index contributed by atoms with van der Waals surface area (Å²) in [5.74, 6) is -3.18. The molecule has 0 radical (unpaired) electrons. The minimum Gasteiger partial charge on any atom is -0.325 e. The highest BCUT2D eigenvalue weighted by atomic mass is 19.3. The van der Waals surface area contributed by atoms with Crippen molar-refractivity contribution in [1.82, 2.24) is 4.90 Å². The Kier molecular flexibility index (Phi) is 2.68. The maximum Gasteiger partial charge on any atom is 0.265 e. The van der Waals surface area contributed by atoms with Gasteiger partial charge in [-0.15, -0.1) is 0 Å². The predicted octanol–water partition coefficient (Wildman–Crippen LogP) is 0.921. The number of alkyl halides is 2. The van der Waals surface area contributed by atoms with Gasteiger partial charge in [-0.3, -0.25) is 4.90 Å². The molecular weight excluding hydrogens is 162 g/mol. The van der Waals surface area contributed by atoms with Gasteiger partial charge in [0.25, 0.3) is 5.92 Å². The molecular formula is C8H16F2N2. The number of halogens is 2. The van der Waals surface area contributed by atoms with Crippen LogP contribution in [0.15, 0.2) is 0 Å². The summed E-state index contributed by atoms with van der Waals surface area (Å²) in [7, 11) is 0. The lowest BCUT2D eigenvalue weighted by Gasteiger charge is -2.45. The van der Waals surface area contributed by atoms with Gasteiger partial charge in [-0.05, 0) is 13.8 Å². The van der Waals surface area contributed by atoms with E-state index in [0.29, 0.717) is 19.1 Å². The van der Waals surface area contributed by atoms with E-state index in [0.717, 1.165) is 0 Å². The zero-order chi connectivity index (χ0) is 9.35. The predicted molar refractivity (Wildman–Crippen MR) is 44.2 cm³/mol. The lowest BCUT2D eigenvalue weighted by Crippen LogP contribution is -2.58. The van der Waals surface area contributed by atoms with Gasteiger partial charge in [-0.2, -0.15) is 0 Å². The third-order valence-electron chi connectivity index (χ3n) is 2.51. The minimum atomic E-state index is -2.66. The van der Waals surface area contributed by atoms with Crippen LogP contribution in [0.5, 0.6) is 0 Å². The van der Waals surface area contributed by atoms with Gasteiger partial charge in [0.2, 0.25) is 0 Å². The highest BCUT2D eigenvalue weighted by Crippen LogP contribution is 2.32. The van der Waals surface area contributed by atoms with E-state index < -0.39 is 18.4 Å². The molecule has 1 rings (SSSR count). The van der Waals surface area contributed by atoms with Gasteiger partial charge < -0.3 is 5.73 Å². The Morgan fingerprint density at radius 1 is 1.50 bits per heavy atom. The molecule has 12 heavy (non-hydrogen) atoms. The molecule has 0 aromatic heterocycles. The summed E-state index contributed by atoms with van der Waals surface area (Å²) in [5, 5.41) is 0. The van der Waals surface area contributed by atoms with Crippen LogP contribution in [0.4, 0.5) is 8.78 Å². The molecule has 0 aromatic rings. The van der Waals surface area contributed by atoms with Crippen LogP contribution in [0.1, 0.15) is 13.8 Å². The van der Waals surface area contributed by atoms with Crippen LogP contribution in [0.25, 0.3) is 0 Å². The van der Waals surface area contributed by atoms with E-state index in [1.807, 2.05) is 18.7 Å². The molecule has 0 amide bonds. The Hall–Kier alpha value is -0.220. The van der Waals surface area contributed by atoms with Crippen molar-refractivity contribution in [1.29, 1.82) is 0 Å². The number of hydrogen-bond acceptors (Lipinski definition) is 2. The third kappa shape index (κ3) is 1.75. The quantitative estimate of drug-likeness (QED) is 0.696. The Morgan fingerprint density at radius 3 is 2.33 bits per heavy atom. The van der Waals surface area contributed by atoms with Crippen LogP contribution in [0, 0.1) is 5.92 Å². The van der Waals surface area contributed by atoms with Gasteiger partial charge in [0.05, 0.1) is 6.54 Å². The molecule has 1 aliphatic rings. The number of nitrogens with two attached hydrogens (primary N) is 1. The molecule has 1 saturated heterocycles. The molecule has 0 aromatic carbocycles. The topological polar surface area (TPSA) is 29.3 Å². The molecule has 0 saturated carbocycles. The minimum absolute atomic E-state index is 0.370. The third-order valence-corrected chi connectivity index (χ3v) is 2.51. The molecule has 72 valence electrons. The van der Waals surface area contributed by atoms with Crippen molar-refractivity contribution in [2.24, 2.45) is 11.7 Å². The van der Waals surface area contributed by atoms with E-state index in [9.17, 15) is 8.78 Å². The summed E-state index contributed by atoms with van der Waals surface area (Å²) in [5.41, 5.74) is 4.97. The van der Waals surface area contributed by atoms with Crippen LogP contribution in [0.2, 0.25) is 0 Å². The Morgan fingerprint density at radius 2 is 2.00 bits per heavy atom. The molecule has 0 bridgehead atoms. The fourth-order valence-corrected chi connectivity index (χ4v) is 1.37.